The summed E-state index contributed by atoms with van der Waals surface area (Å²) >= 11 is 1.36. The second-order valence-electron chi connectivity index (χ2n) is 6.81. The summed E-state index contributed by atoms with van der Waals surface area (Å²) in [5.74, 6) is 0.532. The average Bonchev–Trinajstić information content (AvgIpc) is 3.22. The zero-order chi connectivity index (χ0) is 20.6. The molecule has 2 aromatic carbocycles. The Morgan fingerprint density at radius 1 is 1.10 bits per heavy atom. The SMILES string of the molecule is CN(C)c1ccc(S(=O)(=O)N2CCOc3ccc(-c4csc(C#N)c4)cc32)cc1. The molecule has 0 amide bonds. The highest BCUT2D eigenvalue weighted by atomic mass is 32.2. The number of fused-ring (bicyclic) bond motifs is 1. The molecule has 1 aromatic heterocycles. The summed E-state index contributed by atoms with van der Waals surface area (Å²) in [6.45, 7) is 0.527. The second kappa shape index (κ2) is 7.43. The lowest BCUT2D eigenvalue weighted by molar-refractivity contribution is 0.316. The maximum Gasteiger partial charge on any atom is 0.264 e. The molecule has 0 N–H and O–H groups in total. The van der Waals surface area contributed by atoms with Gasteiger partial charge in [0.1, 0.15) is 23.3 Å². The summed E-state index contributed by atoms with van der Waals surface area (Å²) in [6.07, 6.45) is 0. The number of ether oxygens (including phenoxy) is 1. The molecule has 1 aliphatic heterocycles. The molecule has 0 saturated carbocycles. The van der Waals surface area contributed by atoms with Crippen molar-refractivity contribution in [1.29, 1.82) is 5.26 Å². The minimum Gasteiger partial charge on any atom is -0.489 e. The van der Waals surface area contributed by atoms with E-state index in [-0.39, 0.29) is 11.4 Å². The Balaban J connectivity index is 1.75. The minimum absolute atomic E-state index is 0.237. The minimum atomic E-state index is -3.73. The van der Waals surface area contributed by atoms with Gasteiger partial charge in [0, 0.05) is 19.8 Å². The van der Waals surface area contributed by atoms with Crippen LogP contribution in [-0.2, 0) is 10.0 Å². The maximum absolute atomic E-state index is 13.3. The lowest BCUT2D eigenvalue weighted by Crippen LogP contribution is -2.37. The second-order valence-corrected chi connectivity index (χ2v) is 9.58. The fourth-order valence-corrected chi connectivity index (χ4v) is 5.37. The van der Waals surface area contributed by atoms with Crippen molar-refractivity contribution in [1.82, 2.24) is 0 Å². The van der Waals surface area contributed by atoms with Gasteiger partial charge in [0.25, 0.3) is 10.0 Å². The molecule has 0 saturated heterocycles. The maximum atomic E-state index is 13.3. The molecule has 2 heterocycles. The van der Waals surface area contributed by atoms with Crippen molar-refractivity contribution in [2.45, 2.75) is 4.90 Å². The number of thiophene rings is 1. The van der Waals surface area contributed by atoms with Gasteiger partial charge in [-0.2, -0.15) is 5.26 Å². The van der Waals surface area contributed by atoms with E-state index in [0.29, 0.717) is 22.9 Å². The molecule has 8 heteroatoms. The molecular formula is C21H19N3O3S2. The fraction of sp³-hybridized carbons (Fsp3) is 0.190. The van der Waals surface area contributed by atoms with Crippen LogP contribution in [0.4, 0.5) is 11.4 Å². The number of benzene rings is 2. The number of nitrogens with zero attached hydrogens (tertiary/aromatic N) is 3. The first-order chi connectivity index (χ1) is 13.9. The number of sulfonamides is 1. The van der Waals surface area contributed by atoms with Crippen LogP contribution in [-0.4, -0.2) is 35.7 Å². The Bertz CT molecular complexity index is 1190. The van der Waals surface area contributed by atoms with Gasteiger partial charge in [-0.25, -0.2) is 8.42 Å². The van der Waals surface area contributed by atoms with Gasteiger partial charge in [-0.3, -0.25) is 4.31 Å². The lowest BCUT2D eigenvalue weighted by Gasteiger charge is -2.31. The summed E-state index contributed by atoms with van der Waals surface area (Å²) in [5, 5.41) is 11.0. The van der Waals surface area contributed by atoms with Gasteiger partial charge in [-0.1, -0.05) is 6.07 Å². The molecule has 4 rings (SSSR count). The van der Waals surface area contributed by atoms with Gasteiger partial charge in [-0.15, -0.1) is 11.3 Å². The van der Waals surface area contributed by atoms with E-state index in [9.17, 15) is 8.42 Å². The van der Waals surface area contributed by atoms with Crippen molar-refractivity contribution in [2.75, 3.05) is 36.5 Å². The first kappa shape index (κ1) is 19.3. The highest BCUT2D eigenvalue weighted by Crippen LogP contribution is 2.39. The molecule has 1 aliphatic rings. The van der Waals surface area contributed by atoms with E-state index in [1.165, 1.54) is 15.6 Å². The molecule has 6 nitrogen and oxygen atoms in total. The lowest BCUT2D eigenvalue weighted by atomic mass is 10.1. The Hall–Kier alpha value is -3.02. The van der Waals surface area contributed by atoms with E-state index in [2.05, 4.69) is 6.07 Å². The van der Waals surface area contributed by atoms with Crippen molar-refractivity contribution in [3.05, 3.63) is 58.8 Å². The zero-order valence-corrected chi connectivity index (χ0v) is 17.6. The van der Waals surface area contributed by atoms with Crippen molar-refractivity contribution >= 4 is 32.7 Å². The summed E-state index contributed by atoms with van der Waals surface area (Å²) in [4.78, 5) is 2.77. The van der Waals surface area contributed by atoms with Crippen LogP contribution < -0.4 is 13.9 Å². The van der Waals surface area contributed by atoms with Gasteiger partial charge in [0.2, 0.25) is 0 Å². The van der Waals surface area contributed by atoms with Gasteiger partial charge >= 0.3 is 0 Å². The zero-order valence-electron chi connectivity index (χ0n) is 16.0. The smallest absolute Gasteiger partial charge is 0.264 e. The monoisotopic (exact) mass is 425 g/mol. The first-order valence-corrected chi connectivity index (χ1v) is 11.3. The van der Waals surface area contributed by atoms with Crippen molar-refractivity contribution in [3.8, 4) is 22.9 Å². The van der Waals surface area contributed by atoms with Crippen LogP contribution >= 0.6 is 11.3 Å². The van der Waals surface area contributed by atoms with Crippen LogP contribution in [0.2, 0.25) is 0 Å². The highest BCUT2D eigenvalue weighted by molar-refractivity contribution is 7.92. The molecule has 148 valence electrons. The molecular weight excluding hydrogens is 406 g/mol. The van der Waals surface area contributed by atoms with Gasteiger partial charge in [0.05, 0.1) is 17.1 Å². The van der Waals surface area contributed by atoms with Gasteiger partial charge < -0.3 is 9.64 Å². The largest absolute Gasteiger partial charge is 0.489 e. The van der Waals surface area contributed by atoms with Crippen molar-refractivity contribution in [2.24, 2.45) is 0 Å². The van der Waals surface area contributed by atoms with Crippen LogP contribution in [0.3, 0.4) is 0 Å². The number of nitriles is 1. The average molecular weight is 426 g/mol. The van der Waals surface area contributed by atoms with Crippen LogP contribution in [0.15, 0.2) is 58.8 Å². The molecule has 0 atom stereocenters. The van der Waals surface area contributed by atoms with Crippen molar-refractivity contribution in [3.63, 3.8) is 0 Å². The van der Waals surface area contributed by atoms with Gasteiger partial charge in [0.15, 0.2) is 0 Å². The van der Waals surface area contributed by atoms with E-state index in [0.717, 1.165) is 16.8 Å². The predicted octanol–water partition coefficient (Wildman–Crippen LogP) is 3.94. The normalized spacial score (nSPS) is 13.3. The number of anilines is 2. The third kappa shape index (κ3) is 3.55. The van der Waals surface area contributed by atoms with Crippen LogP contribution in [0.25, 0.3) is 11.1 Å². The number of hydrogen-bond donors (Lipinski definition) is 0. The molecule has 0 aliphatic carbocycles. The van der Waals surface area contributed by atoms with E-state index in [1.54, 1.807) is 36.4 Å². The molecule has 0 spiro atoms. The Kier molecular flexibility index (Phi) is 4.94. The first-order valence-electron chi connectivity index (χ1n) is 8.96. The summed E-state index contributed by atoms with van der Waals surface area (Å²) in [6, 6.07) is 16.2. The van der Waals surface area contributed by atoms with E-state index >= 15 is 0 Å². The van der Waals surface area contributed by atoms with E-state index < -0.39 is 10.0 Å². The van der Waals surface area contributed by atoms with E-state index in [1.807, 2.05) is 36.5 Å². The Labute approximate surface area is 174 Å². The fourth-order valence-electron chi connectivity index (χ4n) is 3.21. The Morgan fingerprint density at radius 2 is 1.86 bits per heavy atom. The standard InChI is InChI=1S/C21H19N3O3S2/c1-23(2)17-4-6-19(7-5-17)29(25,26)24-9-10-27-21-8-3-15(12-20(21)24)16-11-18(13-22)28-14-16/h3-8,11-12,14H,9-10H2,1-2H3. The number of hydrogen-bond acceptors (Lipinski definition) is 6. The van der Waals surface area contributed by atoms with Gasteiger partial charge in [-0.05, 0) is 59.0 Å². The van der Waals surface area contributed by atoms with Crippen LogP contribution in [0, 0.1) is 11.3 Å². The molecule has 0 unspecified atom stereocenters. The highest BCUT2D eigenvalue weighted by Gasteiger charge is 2.30. The summed E-state index contributed by atoms with van der Waals surface area (Å²) in [7, 11) is 0.0851. The predicted molar refractivity (Wildman–Crippen MR) is 115 cm³/mol. The molecule has 3 aromatic rings. The summed E-state index contributed by atoms with van der Waals surface area (Å²) in [5.41, 5.74) is 3.16. The summed E-state index contributed by atoms with van der Waals surface area (Å²) < 4.78 is 33.8. The van der Waals surface area contributed by atoms with Crippen molar-refractivity contribution < 1.29 is 13.2 Å². The third-order valence-electron chi connectivity index (χ3n) is 4.76. The number of rotatable bonds is 4. The molecule has 0 bridgehead atoms. The Morgan fingerprint density at radius 3 is 2.52 bits per heavy atom. The van der Waals surface area contributed by atoms with Crippen LogP contribution in [0.1, 0.15) is 4.88 Å². The topological polar surface area (TPSA) is 73.6 Å². The molecule has 0 fully saturated rings. The third-order valence-corrected chi connectivity index (χ3v) is 7.43. The molecule has 0 radical (unpaired) electrons. The van der Waals surface area contributed by atoms with E-state index in [4.69, 9.17) is 10.00 Å². The quantitative estimate of drug-likeness (QED) is 0.633. The van der Waals surface area contributed by atoms with Crippen LogP contribution in [0.5, 0.6) is 5.75 Å². The molecule has 29 heavy (non-hydrogen) atoms.